The molecule has 0 aliphatic carbocycles. The molecule has 0 unspecified atom stereocenters. The Morgan fingerprint density at radius 1 is 1.42 bits per heavy atom. The van der Waals surface area contributed by atoms with Gasteiger partial charge in [-0.15, -0.1) is 0 Å². The molecule has 0 atom stereocenters. The minimum absolute atomic E-state index is 0.813. The van der Waals surface area contributed by atoms with Crippen LogP contribution in [0, 0.1) is 6.92 Å². The Hall–Kier alpha value is -0.530. The van der Waals surface area contributed by atoms with Gasteiger partial charge in [-0.1, -0.05) is 24.6 Å². The van der Waals surface area contributed by atoms with Crippen LogP contribution in [0.4, 0.5) is 0 Å². The van der Waals surface area contributed by atoms with E-state index < -0.39 is 0 Å². The lowest BCUT2D eigenvalue weighted by atomic mass is 10.1. The van der Waals surface area contributed by atoms with Gasteiger partial charge in [0.15, 0.2) is 0 Å². The van der Waals surface area contributed by atoms with Crippen molar-refractivity contribution in [2.75, 3.05) is 6.54 Å². The Morgan fingerprint density at radius 3 is 2.75 bits per heavy atom. The van der Waals surface area contributed by atoms with Crippen LogP contribution in [0.5, 0.6) is 0 Å². The molecule has 0 saturated carbocycles. The largest absolute Gasteiger partial charge is 0.313 e. The van der Waals surface area contributed by atoms with Crippen LogP contribution in [-0.2, 0) is 6.54 Å². The number of aryl methyl sites for hydroxylation is 1. The van der Waals surface area contributed by atoms with Gasteiger partial charge in [0.25, 0.3) is 0 Å². The van der Waals surface area contributed by atoms with Crippen molar-refractivity contribution in [3.8, 4) is 0 Å². The summed E-state index contributed by atoms with van der Waals surface area (Å²) in [7, 11) is 0. The van der Waals surface area contributed by atoms with Gasteiger partial charge >= 0.3 is 0 Å². The summed E-state index contributed by atoms with van der Waals surface area (Å²) >= 11 is 5.83. The quantitative estimate of drug-likeness (QED) is 0.760. The van der Waals surface area contributed by atoms with Gasteiger partial charge in [-0.25, -0.2) is 0 Å². The second-order valence-corrected chi connectivity index (χ2v) is 3.29. The minimum Gasteiger partial charge on any atom is -0.313 e. The summed E-state index contributed by atoms with van der Waals surface area (Å²) in [6, 6.07) is 6.00. The summed E-state index contributed by atoms with van der Waals surface area (Å²) in [5.74, 6) is 0. The highest BCUT2D eigenvalue weighted by molar-refractivity contribution is 6.30. The van der Waals surface area contributed by atoms with E-state index in [1.807, 2.05) is 12.1 Å². The fourth-order valence-electron chi connectivity index (χ4n) is 1.12. The maximum Gasteiger partial charge on any atom is 0.0408 e. The second-order valence-electron chi connectivity index (χ2n) is 2.85. The van der Waals surface area contributed by atoms with Crippen molar-refractivity contribution < 1.29 is 0 Å². The highest BCUT2D eigenvalue weighted by Crippen LogP contribution is 2.14. The fourth-order valence-corrected chi connectivity index (χ4v) is 1.34. The zero-order chi connectivity index (χ0) is 8.97. The van der Waals surface area contributed by atoms with E-state index >= 15 is 0 Å². The topological polar surface area (TPSA) is 12.0 Å². The predicted molar refractivity (Wildman–Crippen MR) is 53.6 cm³/mol. The van der Waals surface area contributed by atoms with Crippen molar-refractivity contribution in [2.45, 2.75) is 20.4 Å². The summed E-state index contributed by atoms with van der Waals surface area (Å²) in [5, 5.41) is 4.09. The van der Waals surface area contributed by atoms with E-state index in [-0.39, 0.29) is 0 Å². The standard InChI is InChI=1S/C10H14ClN/c1-3-12-7-9-4-5-10(11)6-8(9)2/h4-6,12H,3,7H2,1-2H3. The van der Waals surface area contributed by atoms with E-state index in [0.29, 0.717) is 0 Å². The number of rotatable bonds is 3. The van der Waals surface area contributed by atoms with Crippen molar-refractivity contribution in [3.05, 3.63) is 34.3 Å². The summed E-state index contributed by atoms with van der Waals surface area (Å²) in [6.45, 7) is 6.12. The van der Waals surface area contributed by atoms with Crippen LogP contribution >= 0.6 is 11.6 Å². The molecule has 1 rings (SSSR count). The molecule has 0 bridgehead atoms. The lowest BCUT2D eigenvalue weighted by molar-refractivity contribution is 0.723. The van der Waals surface area contributed by atoms with Crippen LogP contribution < -0.4 is 5.32 Å². The van der Waals surface area contributed by atoms with Gasteiger partial charge < -0.3 is 5.32 Å². The first-order valence-electron chi connectivity index (χ1n) is 4.19. The van der Waals surface area contributed by atoms with Crippen LogP contribution in [0.25, 0.3) is 0 Å². The third-order valence-corrected chi connectivity index (χ3v) is 2.11. The van der Waals surface area contributed by atoms with E-state index in [9.17, 15) is 0 Å². The summed E-state index contributed by atoms with van der Waals surface area (Å²) < 4.78 is 0. The summed E-state index contributed by atoms with van der Waals surface area (Å²) in [5.41, 5.74) is 2.57. The smallest absolute Gasteiger partial charge is 0.0408 e. The van der Waals surface area contributed by atoms with E-state index in [1.54, 1.807) is 0 Å². The zero-order valence-electron chi connectivity index (χ0n) is 7.52. The molecule has 1 N–H and O–H groups in total. The molecule has 66 valence electrons. The monoisotopic (exact) mass is 183 g/mol. The molecule has 0 saturated heterocycles. The lowest BCUT2D eigenvalue weighted by Gasteiger charge is -2.05. The molecule has 0 aromatic heterocycles. The maximum atomic E-state index is 5.83. The molecule has 0 spiro atoms. The molecule has 0 radical (unpaired) electrons. The molecule has 2 heteroatoms. The van der Waals surface area contributed by atoms with Crippen molar-refractivity contribution in [3.63, 3.8) is 0 Å². The first-order chi connectivity index (χ1) is 5.74. The van der Waals surface area contributed by atoms with Gasteiger partial charge in [0.05, 0.1) is 0 Å². The fraction of sp³-hybridized carbons (Fsp3) is 0.400. The normalized spacial score (nSPS) is 10.2. The molecule has 0 aliphatic rings. The molecule has 12 heavy (non-hydrogen) atoms. The van der Waals surface area contributed by atoms with Gasteiger partial charge in [0.1, 0.15) is 0 Å². The molecule has 0 aliphatic heterocycles. The van der Waals surface area contributed by atoms with Crippen LogP contribution in [0.3, 0.4) is 0 Å². The van der Waals surface area contributed by atoms with E-state index in [4.69, 9.17) is 11.6 Å². The van der Waals surface area contributed by atoms with Gasteiger partial charge in [-0.05, 0) is 36.7 Å². The Morgan fingerprint density at radius 2 is 2.17 bits per heavy atom. The zero-order valence-corrected chi connectivity index (χ0v) is 8.28. The highest BCUT2D eigenvalue weighted by atomic mass is 35.5. The number of benzene rings is 1. The highest BCUT2D eigenvalue weighted by Gasteiger charge is 1.97. The molecular weight excluding hydrogens is 170 g/mol. The van der Waals surface area contributed by atoms with Crippen molar-refractivity contribution in [1.29, 1.82) is 0 Å². The Balaban J connectivity index is 2.72. The Bertz CT molecular complexity index is 258. The van der Waals surface area contributed by atoms with Gasteiger partial charge in [-0.2, -0.15) is 0 Å². The molecule has 0 amide bonds. The van der Waals surface area contributed by atoms with Crippen molar-refractivity contribution in [2.24, 2.45) is 0 Å². The molecular formula is C10H14ClN. The van der Waals surface area contributed by atoms with E-state index in [2.05, 4.69) is 25.2 Å². The molecule has 1 aromatic rings. The van der Waals surface area contributed by atoms with E-state index in [0.717, 1.165) is 18.1 Å². The molecule has 1 aromatic carbocycles. The third kappa shape index (κ3) is 2.50. The van der Waals surface area contributed by atoms with Crippen LogP contribution in [0.2, 0.25) is 5.02 Å². The van der Waals surface area contributed by atoms with Gasteiger partial charge in [-0.3, -0.25) is 0 Å². The summed E-state index contributed by atoms with van der Waals surface area (Å²) in [4.78, 5) is 0. The van der Waals surface area contributed by atoms with Crippen molar-refractivity contribution in [1.82, 2.24) is 5.32 Å². The van der Waals surface area contributed by atoms with Crippen LogP contribution in [0.1, 0.15) is 18.1 Å². The third-order valence-electron chi connectivity index (χ3n) is 1.87. The average molecular weight is 184 g/mol. The van der Waals surface area contributed by atoms with Gasteiger partial charge in [0.2, 0.25) is 0 Å². The maximum absolute atomic E-state index is 5.83. The molecule has 0 fully saturated rings. The lowest BCUT2D eigenvalue weighted by Crippen LogP contribution is -2.12. The Labute approximate surface area is 78.7 Å². The number of hydrogen-bond acceptors (Lipinski definition) is 1. The average Bonchev–Trinajstić information content (AvgIpc) is 2.03. The SMILES string of the molecule is CCNCc1ccc(Cl)cc1C. The van der Waals surface area contributed by atoms with Crippen LogP contribution in [0.15, 0.2) is 18.2 Å². The van der Waals surface area contributed by atoms with Crippen LogP contribution in [-0.4, -0.2) is 6.54 Å². The first kappa shape index (κ1) is 9.56. The minimum atomic E-state index is 0.813. The van der Waals surface area contributed by atoms with Gasteiger partial charge in [0, 0.05) is 11.6 Å². The first-order valence-corrected chi connectivity index (χ1v) is 4.57. The molecule has 1 nitrogen and oxygen atoms in total. The number of nitrogens with one attached hydrogen (secondary N) is 1. The Kier molecular flexibility index (Phi) is 3.57. The summed E-state index contributed by atoms with van der Waals surface area (Å²) in [6.07, 6.45) is 0. The molecule has 0 heterocycles. The number of halogens is 1. The predicted octanol–water partition coefficient (Wildman–Crippen LogP) is 2.76. The second kappa shape index (κ2) is 4.48. The van der Waals surface area contributed by atoms with E-state index in [1.165, 1.54) is 11.1 Å². The van der Waals surface area contributed by atoms with Crippen molar-refractivity contribution >= 4 is 11.6 Å². The number of hydrogen-bond donors (Lipinski definition) is 1.